The third-order valence-electron chi connectivity index (χ3n) is 2.98. The monoisotopic (exact) mass is 226 g/mol. The summed E-state index contributed by atoms with van der Waals surface area (Å²) in [6, 6.07) is -0.0767. The van der Waals surface area contributed by atoms with Crippen molar-refractivity contribution in [1.82, 2.24) is 10.2 Å². The van der Waals surface area contributed by atoms with Crippen LogP contribution >= 0.6 is 0 Å². The van der Waals surface area contributed by atoms with Gasteiger partial charge in [-0.1, -0.05) is 13.0 Å². The smallest absolute Gasteiger partial charge is 0.237 e. The van der Waals surface area contributed by atoms with Crippen molar-refractivity contribution < 1.29 is 9.90 Å². The number of β-amino-alcohol motifs (C(OH)–C–C–N with tert-alkyl or cyclic N) is 1. The van der Waals surface area contributed by atoms with Crippen LogP contribution in [0.3, 0.4) is 0 Å². The first-order valence-electron chi connectivity index (χ1n) is 5.99. The molecule has 1 amide bonds. The Morgan fingerprint density at radius 3 is 3.12 bits per heavy atom. The minimum absolute atomic E-state index is 0.0767. The van der Waals surface area contributed by atoms with Gasteiger partial charge in [0.05, 0.1) is 12.1 Å². The first kappa shape index (κ1) is 13.2. The lowest BCUT2D eigenvalue weighted by Gasteiger charge is -2.35. The standard InChI is InChI=1S/C12H22N2O2/c1-3-5-6-10(15)9-14-8-7-13-12(16)11(14)4-2/h3,10-11,15H,1,4-9H2,2H3,(H,13,16). The molecule has 16 heavy (non-hydrogen) atoms. The summed E-state index contributed by atoms with van der Waals surface area (Å²) in [5, 5.41) is 12.7. The molecule has 4 nitrogen and oxygen atoms in total. The highest BCUT2D eigenvalue weighted by atomic mass is 16.3. The Bertz CT molecular complexity index is 243. The average Bonchev–Trinajstić information content (AvgIpc) is 2.27. The number of aliphatic hydroxyl groups excluding tert-OH is 1. The van der Waals surface area contributed by atoms with E-state index < -0.39 is 0 Å². The topological polar surface area (TPSA) is 52.6 Å². The molecule has 0 aliphatic carbocycles. The number of carbonyl (C=O) groups is 1. The number of rotatable bonds is 6. The van der Waals surface area contributed by atoms with E-state index in [-0.39, 0.29) is 18.1 Å². The molecule has 1 saturated heterocycles. The van der Waals surface area contributed by atoms with Gasteiger partial charge < -0.3 is 10.4 Å². The molecule has 0 aromatic rings. The fraction of sp³-hybridized carbons (Fsp3) is 0.750. The molecule has 0 bridgehead atoms. The highest BCUT2D eigenvalue weighted by molar-refractivity contribution is 5.82. The van der Waals surface area contributed by atoms with Gasteiger partial charge in [-0.25, -0.2) is 0 Å². The number of hydrogen-bond acceptors (Lipinski definition) is 3. The Morgan fingerprint density at radius 2 is 2.50 bits per heavy atom. The van der Waals surface area contributed by atoms with Crippen molar-refractivity contribution in [2.24, 2.45) is 0 Å². The van der Waals surface area contributed by atoms with Gasteiger partial charge in [0, 0.05) is 19.6 Å². The Morgan fingerprint density at radius 1 is 1.75 bits per heavy atom. The van der Waals surface area contributed by atoms with E-state index in [0.717, 1.165) is 25.8 Å². The van der Waals surface area contributed by atoms with Crippen LogP contribution in [0, 0.1) is 0 Å². The number of aliphatic hydroxyl groups is 1. The Labute approximate surface area is 97.3 Å². The largest absolute Gasteiger partial charge is 0.392 e. The number of nitrogens with one attached hydrogen (secondary N) is 1. The molecule has 2 N–H and O–H groups in total. The van der Waals surface area contributed by atoms with Crippen LogP contribution in [-0.4, -0.2) is 47.7 Å². The van der Waals surface area contributed by atoms with Gasteiger partial charge in [-0.2, -0.15) is 0 Å². The van der Waals surface area contributed by atoms with Crippen molar-refractivity contribution in [3.63, 3.8) is 0 Å². The third kappa shape index (κ3) is 3.61. The SMILES string of the molecule is C=CCCC(O)CN1CCNC(=O)C1CC. The van der Waals surface area contributed by atoms with E-state index in [1.54, 1.807) is 0 Å². The molecule has 2 atom stereocenters. The number of nitrogens with zero attached hydrogens (tertiary/aromatic N) is 1. The zero-order chi connectivity index (χ0) is 12.0. The second-order valence-corrected chi connectivity index (χ2v) is 4.23. The van der Waals surface area contributed by atoms with Crippen molar-refractivity contribution >= 4 is 5.91 Å². The van der Waals surface area contributed by atoms with Gasteiger partial charge in [0.2, 0.25) is 5.91 Å². The van der Waals surface area contributed by atoms with Crippen LogP contribution in [0.15, 0.2) is 12.7 Å². The zero-order valence-corrected chi connectivity index (χ0v) is 9.98. The number of carbonyl (C=O) groups excluding carboxylic acids is 1. The zero-order valence-electron chi connectivity index (χ0n) is 9.98. The van der Waals surface area contributed by atoms with Crippen LogP contribution in [0.2, 0.25) is 0 Å². The van der Waals surface area contributed by atoms with E-state index in [1.165, 1.54) is 0 Å². The molecule has 1 heterocycles. The number of allylic oxidation sites excluding steroid dienone is 1. The molecule has 92 valence electrons. The summed E-state index contributed by atoms with van der Waals surface area (Å²) in [4.78, 5) is 13.7. The van der Waals surface area contributed by atoms with Crippen molar-refractivity contribution in [1.29, 1.82) is 0 Å². The molecule has 0 spiro atoms. The summed E-state index contributed by atoms with van der Waals surface area (Å²) in [5.74, 6) is 0.0877. The minimum Gasteiger partial charge on any atom is -0.392 e. The number of piperazine rings is 1. The summed E-state index contributed by atoms with van der Waals surface area (Å²) >= 11 is 0. The van der Waals surface area contributed by atoms with Crippen molar-refractivity contribution in [3.05, 3.63) is 12.7 Å². The normalized spacial score (nSPS) is 23.9. The molecular weight excluding hydrogens is 204 g/mol. The quantitative estimate of drug-likeness (QED) is 0.649. The van der Waals surface area contributed by atoms with Crippen LogP contribution in [0.1, 0.15) is 26.2 Å². The molecular formula is C12H22N2O2. The van der Waals surface area contributed by atoms with Crippen LogP contribution in [0.4, 0.5) is 0 Å². The van der Waals surface area contributed by atoms with E-state index >= 15 is 0 Å². The third-order valence-corrected chi connectivity index (χ3v) is 2.98. The number of hydrogen-bond donors (Lipinski definition) is 2. The molecule has 1 aliphatic heterocycles. The summed E-state index contributed by atoms with van der Waals surface area (Å²) in [7, 11) is 0. The Kier molecular flexibility index (Phi) is 5.49. The van der Waals surface area contributed by atoms with E-state index in [2.05, 4.69) is 16.8 Å². The molecule has 1 aliphatic rings. The van der Waals surface area contributed by atoms with E-state index in [1.807, 2.05) is 13.0 Å². The molecule has 2 unspecified atom stereocenters. The molecule has 4 heteroatoms. The maximum absolute atomic E-state index is 11.6. The maximum Gasteiger partial charge on any atom is 0.237 e. The summed E-state index contributed by atoms with van der Waals surface area (Å²) in [6.45, 7) is 7.73. The maximum atomic E-state index is 11.6. The van der Waals surface area contributed by atoms with Gasteiger partial charge >= 0.3 is 0 Å². The fourth-order valence-corrected chi connectivity index (χ4v) is 2.10. The van der Waals surface area contributed by atoms with Gasteiger partial charge in [0.15, 0.2) is 0 Å². The van der Waals surface area contributed by atoms with Crippen LogP contribution in [0.25, 0.3) is 0 Å². The van der Waals surface area contributed by atoms with Gasteiger partial charge in [-0.15, -0.1) is 6.58 Å². The van der Waals surface area contributed by atoms with Gasteiger partial charge in [0.25, 0.3) is 0 Å². The molecule has 0 aromatic carbocycles. The van der Waals surface area contributed by atoms with E-state index in [9.17, 15) is 9.90 Å². The van der Waals surface area contributed by atoms with E-state index in [0.29, 0.717) is 13.1 Å². The minimum atomic E-state index is -0.363. The van der Waals surface area contributed by atoms with Crippen molar-refractivity contribution in [2.45, 2.75) is 38.3 Å². The van der Waals surface area contributed by atoms with Gasteiger partial charge in [0.1, 0.15) is 0 Å². The predicted octanol–water partition coefficient (Wildman–Crippen LogP) is 0.524. The summed E-state index contributed by atoms with van der Waals surface area (Å²) in [5.41, 5.74) is 0. The van der Waals surface area contributed by atoms with Crippen LogP contribution in [0.5, 0.6) is 0 Å². The Balaban J connectivity index is 2.43. The Hall–Kier alpha value is -0.870. The first-order valence-corrected chi connectivity index (χ1v) is 5.99. The molecule has 0 radical (unpaired) electrons. The van der Waals surface area contributed by atoms with Gasteiger partial charge in [-0.3, -0.25) is 9.69 Å². The lowest BCUT2D eigenvalue weighted by Crippen LogP contribution is -2.56. The molecule has 1 rings (SSSR count). The van der Waals surface area contributed by atoms with Gasteiger partial charge in [-0.05, 0) is 19.3 Å². The highest BCUT2D eigenvalue weighted by Crippen LogP contribution is 2.10. The van der Waals surface area contributed by atoms with Crippen LogP contribution in [-0.2, 0) is 4.79 Å². The fourth-order valence-electron chi connectivity index (χ4n) is 2.10. The predicted molar refractivity (Wildman–Crippen MR) is 64.1 cm³/mol. The van der Waals surface area contributed by atoms with Crippen molar-refractivity contribution in [3.8, 4) is 0 Å². The lowest BCUT2D eigenvalue weighted by atomic mass is 10.1. The molecule has 0 aromatic heterocycles. The average molecular weight is 226 g/mol. The van der Waals surface area contributed by atoms with E-state index in [4.69, 9.17) is 0 Å². The summed E-state index contributed by atoms with van der Waals surface area (Å²) in [6.07, 6.45) is 3.78. The second kappa shape index (κ2) is 6.66. The second-order valence-electron chi connectivity index (χ2n) is 4.23. The van der Waals surface area contributed by atoms with Crippen LogP contribution < -0.4 is 5.32 Å². The molecule has 0 saturated carbocycles. The summed E-state index contributed by atoms with van der Waals surface area (Å²) < 4.78 is 0. The highest BCUT2D eigenvalue weighted by Gasteiger charge is 2.28. The molecule has 1 fully saturated rings. The number of amides is 1. The van der Waals surface area contributed by atoms with Crippen molar-refractivity contribution in [2.75, 3.05) is 19.6 Å². The first-order chi connectivity index (χ1) is 7.69. The lowest BCUT2D eigenvalue weighted by molar-refractivity contribution is -0.129.